The number of carbonyl (C=O) groups excluding carboxylic acids is 1. The molecule has 0 saturated carbocycles. The van der Waals surface area contributed by atoms with Gasteiger partial charge in [-0.3, -0.25) is 9.78 Å². The van der Waals surface area contributed by atoms with E-state index in [1.165, 1.54) is 12.3 Å². The molecule has 3 aromatic rings. The molecule has 0 fully saturated rings. The first-order chi connectivity index (χ1) is 10.5. The molecular formula is C16H9ClF2N2O. The van der Waals surface area contributed by atoms with Crippen molar-refractivity contribution in [3.63, 3.8) is 0 Å². The van der Waals surface area contributed by atoms with E-state index in [1.807, 2.05) is 0 Å². The van der Waals surface area contributed by atoms with Gasteiger partial charge in [-0.1, -0.05) is 23.7 Å². The summed E-state index contributed by atoms with van der Waals surface area (Å²) in [6.45, 7) is 0. The van der Waals surface area contributed by atoms with Crippen molar-refractivity contribution in [2.75, 3.05) is 0 Å². The predicted octanol–water partition coefficient (Wildman–Crippen LogP) is 3.93. The summed E-state index contributed by atoms with van der Waals surface area (Å²) in [5.41, 5.74) is 5.62. The van der Waals surface area contributed by atoms with Crippen LogP contribution in [0.15, 0.2) is 42.6 Å². The zero-order valence-electron chi connectivity index (χ0n) is 11.1. The van der Waals surface area contributed by atoms with Gasteiger partial charge in [0.15, 0.2) is 0 Å². The van der Waals surface area contributed by atoms with Gasteiger partial charge in [0.05, 0.1) is 5.02 Å². The standard InChI is InChI=1S/C16H9ClF2N2O/c17-14-12(19)4-3-11(18)13(14)9-2-1-8-5-6-21-15(16(20)22)10(8)7-9/h1-7H,(H2,20,22). The van der Waals surface area contributed by atoms with Crippen molar-refractivity contribution >= 4 is 28.3 Å². The van der Waals surface area contributed by atoms with Crippen LogP contribution in [0, 0.1) is 11.6 Å². The number of benzene rings is 2. The second-order valence-corrected chi connectivity index (χ2v) is 5.06. The number of rotatable bonds is 2. The molecule has 3 nitrogen and oxygen atoms in total. The Bertz CT molecular complexity index is 912. The topological polar surface area (TPSA) is 56.0 Å². The number of halogens is 3. The van der Waals surface area contributed by atoms with Crippen LogP contribution in [-0.4, -0.2) is 10.9 Å². The van der Waals surface area contributed by atoms with Crippen LogP contribution in [0.2, 0.25) is 5.02 Å². The van der Waals surface area contributed by atoms with Crippen molar-refractivity contribution in [2.45, 2.75) is 0 Å². The third-order valence-corrected chi connectivity index (χ3v) is 3.70. The van der Waals surface area contributed by atoms with Crippen LogP contribution in [-0.2, 0) is 0 Å². The molecule has 0 bridgehead atoms. The third kappa shape index (κ3) is 2.29. The minimum atomic E-state index is -0.723. The Morgan fingerprint density at radius 1 is 1.09 bits per heavy atom. The lowest BCUT2D eigenvalue weighted by Crippen LogP contribution is -2.13. The van der Waals surface area contributed by atoms with Crippen LogP contribution in [0.1, 0.15) is 10.5 Å². The molecule has 1 aromatic heterocycles. The predicted molar refractivity (Wildman–Crippen MR) is 80.6 cm³/mol. The molecule has 1 amide bonds. The van der Waals surface area contributed by atoms with Gasteiger partial charge >= 0.3 is 0 Å². The van der Waals surface area contributed by atoms with Crippen molar-refractivity contribution in [1.29, 1.82) is 0 Å². The van der Waals surface area contributed by atoms with Gasteiger partial charge in [0, 0.05) is 17.1 Å². The first-order valence-electron chi connectivity index (χ1n) is 6.31. The van der Waals surface area contributed by atoms with Crippen LogP contribution in [0.25, 0.3) is 21.9 Å². The minimum absolute atomic E-state index is 0.0623. The van der Waals surface area contributed by atoms with Gasteiger partial charge in [-0.15, -0.1) is 0 Å². The summed E-state index contributed by atoms with van der Waals surface area (Å²) in [6, 6.07) is 8.43. The van der Waals surface area contributed by atoms with E-state index in [0.29, 0.717) is 16.3 Å². The van der Waals surface area contributed by atoms with Gasteiger partial charge in [0.1, 0.15) is 17.3 Å². The van der Waals surface area contributed by atoms with Crippen molar-refractivity contribution in [1.82, 2.24) is 4.98 Å². The largest absolute Gasteiger partial charge is 0.364 e. The lowest BCUT2D eigenvalue weighted by Gasteiger charge is -2.09. The summed E-state index contributed by atoms with van der Waals surface area (Å²) in [5.74, 6) is -2.08. The van der Waals surface area contributed by atoms with Gasteiger partial charge in [-0.05, 0) is 35.2 Å². The second kappa shape index (κ2) is 5.35. The molecule has 2 N–H and O–H groups in total. The summed E-state index contributed by atoms with van der Waals surface area (Å²) in [6.07, 6.45) is 1.46. The maximum absolute atomic E-state index is 14.0. The average Bonchev–Trinajstić information content (AvgIpc) is 2.50. The molecule has 3 rings (SSSR count). The van der Waals surface area contributed by atoms with Gasteiger partial charge < -0.3 is 5.73 Å². The van der Waals surface area contributed by atoms with Crippen LogP contribution in [0.4, 0.5) is 8.78 Å². The summed E-state index contributed by atoms with van der Waals surface area (Å²) in [5, 5.41) is 0.844. The molecule has 1 heterocycles. The molecular weight excluding hydrogens is 310 g/mol. The zero-order chi connectivity index (χ0) is 15.9. The highest BCUT2D eigenvalue weighted by atomic mass is 35.5. The molecule has 0 unspecified atom stereocenters. The van der Waals surface area contributed by atoms with Crippen molar-refractivity contribution in [3.05, 3.63) is 64.9 Å². The van der Waals surface area contributed by atoms with Crippen LogP contribution in [0.3, 0.4) is 0 Å². The van der Waals surface area contributed by atoms with Gasteiger partial charge in [0.2, 0.25) is 0 Å². The zero-order valence-corrected chi connectivity index (χ0v) is 11.9. The van der Waals surface area contributed by atoms with Crippen LogP contribution < -0.4 is 5.73 Å². The van der Waals surface area contributed by atoms with Gasteiger partial charge in [-0.25, -0.2) is 8.78 Å². The SMILES string of the molecule is NC(=O)c1nccc2ccc(-c3c(F)ccc(F)c3Cl)cc12. The number of nitrogens with two attached hydrogens (primary N) is 1. The second-order valence-electron chi connectivity index (χ2n) is 4.68. The number of primary amides is 1. The molecule has 6 heteroatoms. The molecule has 2 aromatic carbocycles. The molecule has 22 heavy (non-hydrogen) atoms. The van der Waals surface area contributed by atoms with E-state index in [1.54, 1.807) is 18.2 Å². The minimum Gasteiger partial charge on any atom is -0.364 e. The van der Waals surface area contributed by atoms with Gasteiger partial charge in [-0.2, -0.15) is 0 Å². The fourth-order valence-corrected chi connectivity index (χ4v) is 2.57. The average molecular weight is 319 g/mol. The van der Waals surface area contributed by atoms with Crippen molar-refractivity contribution in [2.24, 2.45) is 5.73 Å². The highest BCUT2D eigenvalue weighted by Gasteiger charge is 2.16. The Balaban J connectivity index is 2.32. The molecule has 0 aliphatic carbocycles. The first-order valence-corrected chi connectivity index (χ1v) is 6.69. The van der Waals surface area contributed by atoms with Gasteiger partial charge in [0.25, 0.3) is 5.91 Å². The summed E-state index contributed by atoms with van der Waals surface area (Å²) in [4.78, 5) is 15.4. The third-order valence-electron chi connectivity index (χ3n) is 3.33. The molecule has 0 saturated heterocycles. The number of nitrogens with zero attached hydrogens (tertiary/aromatic N) is 1. The van der Waals surface area contributed by atoms with E-state index in [9.17, 15) is 13.6 Å². The number of pyridine rings is 1. The van der Waals surface area contributed by atoms with Crippen LogP contribution in [0.5, 0.6) is 0 Å². The Kier molecular flexibility index (Phi) is 3.50. The summed E-state index contributed by atoms with van der Waals surface area (Å²) < 4.78 is 27.6. The molecule has 110 valence electrons. The lowest BCUT2D eigenvalue weighted by molar-refractivity contribution is 0.0997. The fourth-order valence-electron chi connectivity index (χ4n) is 2.31. The molecule has 0 spiro atoms. The number of amides is 1. The Labute approximate surface area is 129 Å². The number of fused-ring (bicyclic) bond motifs is 1. The maximum atomic E-state index is 14.0. The summed E-state index contributed by atoms with van der Waals surface area (Å²) in [7, 11) is 0. The number of aromatic nitrogens is 1. The number of hydrogen-bond donors (Lipinski definition) is 1. The van der Waals surface area contributed by atoms with E-state index in [0.717, 1.165) is 12.1 Å². The highest BCUT2D eigenvalue weighted by molar-refractivity contribution is 6.33. The maximum Gasteiger partial charge on any atom is 0.267 e. The fraction of sp³-hybridized carbons (Fsp3) is 0. The molecule has 0 aliphatic heterocycles. The number of carbonyl (C=O) groups is 1. The van der Waals surface area contributed by atoms with Crippen molar-refractivity contribution in [3.8, 4) is 11.1 Å². The summed E-state index contributed by atoms with van der Waals surface area (Å²) >= 11 is 5.86. The lowest BCUT2D eigenvalue weighted by atomic mass is 10.00. The quantitative estimate of drug-likeness (QED) is 0.728. The van der Waals surface area contributed by atoms with E-state index in [4.69, 9.17) is 17.3 Å². The first kappa shape index (κ1) is 14.4. The van der Waals surface area contributed by atoms with E-state index in [2.05, 4.69) is 4.98 Å². The molecule has 0 aliphatic rings. The molecule has 0 radical (unpaired) electrons. The van der Waals surface area contributed by atoms with E-state index in [-0.39, 0.29) is 16.3 Å². The van der Waals surface area contributed by atoms with Crippen molar-refractivity contribution < 1.29 is 13.6 Å². The van der Waals surface area contributed by atoms with Crippen LogP contribution >= 0.6 is 11.6 Å². The Morgan fingerprint density at radius 2 is 1.82 bits per heavy atom. The Morgan fingerprint density at radius 3 is 2.55 bits per heavy atom. The normalized spacial score (nSPS) is 10.9. The van der Waals surface area contributed by atoms with E-state index < -0.39 is 17.5 Å². The monoisotopic (exact) mass is 318 g/mol. The smallest absolute Gasteiger partial charge is 0.267 e. The van der Waals surface area contributed by atoms with E-state index >= 15 is 0 Å². The number of hydrogen-bond acceptors (Lipinski definition) is 2. The Hall–Kier alpha value is -2.53. The highest BCUT2D eigenvalue weighted by Crippen LogP contribution is 2.34. The molecule has 0 atom stereocenters.